The maximum atomic E-state index is 13.4. The third-order valence-electron chi connectivity index (χ3n) is 6.50. The number of hydrogen-bond acceptors (Lipinski definition) is 5. The van der Waals surface area contributed by atoms with Crippen LogP contribution in [-0.2, 0) is 9.53 Å². The zero-order chi connectivity index (χ0) is 22.6. The van der Waals surface area contributed by atoms with Crippen LogP contribution in [0, 0.1) is 12.3 Å². The van der Waals surface area contributed by atoms with Crippen LogP contribution in [-0.4, -0.2) is 23.8 Å². The number of esters is 1. The number of carbonyl (C=O) groups is 2. The zero-order valence-corrected chi connectivity index (χ0v) is 18.8. The van der Waals surface area contributed by atoms with E-state index in [0.29, 0.717) is 12.0 Å². The quantitative estimate of drug-likeness (QED) is 0.546. The summed E-state index contributed by atoms with van der Waals surface area (Å²) < 4.78 is 4.84. The number of aryl methyl sites for hydroxylation is 1. The van der Waals surface area contributed by atoms with Crippen LogP contribution in [0.2, 0.25) is 0 Å². The number of anilines is 1. The van der Waals surface area contributed by atoms with Gasteiger partial charge in [-0.05, 0) is 60.2 Å². The molecule has 0 fully saturated rings. The summed E-state index contributed by atoms with van der Waals surface area (Å²) in [4.78, 5) is 30.0. The normalized spacial score (nSPS) is 19.2. The van der Waals surface area contributed by atoms with Gasteiger partial charge >= 0.3 is 5.97 Å². The average molecular weight is 427 g/mol. The number of benzene rings is 2. The highest BCUT2D eigenvalue weighted by molar-refractivity contribution is 6.04. The lowest BCUT2D eigenvalue weighted by atomic mass is 9.68. The molecule has 162 valence electrons. The molecule has 2 heterocycles. The average Bonchev–Trinajstić information content (AvgIpc) is 2.76. The van der Waals surface area contributed by atoms with E-state index in [1.54, 1.807) is 12.1 Å². The molecule has 1 N–H and O–H groups in total. The van der Waals surface area contributed by atoms with Crippen LogP contribution < -0.4 is 5.32 Å². The smallest absolute Gasteiger partial charge is 0.337 e. The van der Waals surface area contributed by atoms with E-state index in [2.05, 4.69) is 31.3 Å². The molecule has 1 aliphatic heterocycles. The maximum Gasteiger partial charge on any atom is 0.337 e. The molecule has 5 heteroatoms. The van der Waals surface area contributed by atoms with E-state index in [-0.39, 0.29) is 23.1 Å². The Hall–Kier alpha value is -3.47. The Kier molecular flexibility index (Phi) is 4.66. The van der Waals surface area contributed by atoms with Crippen molar-refractivity contribution in [3.05, 3.63) is 82.2 Å². The molecule has 0 bridgehead atoms. The van der Waals surface area contributed by atoms with Gasteiger partial charge in [0.1, 0.15) is 0 Å². The number of hydrogen-bond donors (Lipinski definition) is 1. The first-order chi connectivity index (χ1) is 15.3. The molecule has 1 unspecified atom stereocenters. The number of carbonyl (C=O) groups excluding carboxylic acids is 2. The number of Topliss-reactive ketones (excluding diaryl/α,β-unsaturated/α-hetero) is 1. The first kappa shape index (κ1) is 20.4. The number of rotatable bonds is 2. The van der Waals surface area contributed by atoms with Gasteiger partial charge in [-0.1, -0.05) is 32.0 Å². The van der Waals surface area contributed by atoms with Gasteiger partial charge in [-0.2, -0.15) is 0 Å². The van der Waals surface area contributed by atoms with Crippen molar-refractivity contribution in [2.24, 2.45) is 5.41 Å². The number of ketones is 1. The number of fused-ring (bicyclic) bond motifs is 3. The first-order valence-electron chi connectivity index (χ1n) is 10.9. The van der Waals surface area contributed by atoms with Crippen molar-refractivity contribution in [2.45, 2.75) is 39.5 Å². The van der Waals surface area contributed by atoms with Crippen LogP contribution in [0.25, 0.3) is 10.9 Å². The molecule has 1 atom stereocenters. The Morgan fingerprint density at radius 1 is 1.06 bits per heavy atom. The lowest BCUT2D eigenvalue weighted by Gasteiger charge is -2.39. The van der Waals surface area contributed by atoms with Crippen molar-refractivity contribution in [3.8, 4) is 0 Å². The molecule has 0 saturated carbocycles. The standard InChI is InChI=1S/C27H26N2O3/c1-15-5-10-18-20(28-15)12-11-19-23(16-6-8-17(9-7-16)26(31)32-4)24-21(29-25(18)19)13-27(2,3)14-22(24)30/h5-12,23,29H,13-14H2,1-4H3. The van der Waals surface area contributed by atoms with Crippen LogP contribution in [0.3, 0.4) is 0 Å². The fraction of sp³-hybridized carbons (Fsp3) is 0.296. The van der Waals surface area contributed by atoms with Crippen molar-refractivity contribution in [1.29, 1.82) is 0 Å². The second kappa shape index (κ2) is 7.30. The Morgan fingerprint density at radius 3 is 2.53 bits per heavy atom. The van der Waals surface area contributed by atoms with Gasteiger partial charge in [0.25, 0.3) is 0 Å². The van der Waals surface area contributed by atoms with Crippen LogP contribution in [0.4, 0.5) is 5.69 Å². The van der Waals surface area contributed by atoms with Gasteiger partial charge < -0.3 is 10.1 Å². The molecule has 1 aromatic heterocycles. The summed E-state index contributed by atoms with van der Waals surface area (Å²) in [5.74, 6) is -0.383. The second-order valence-corrected chi connectivity index (χ2v) is 9.55. The van der Waals surface area contributed by atoms with Gasteiger partial charge in [-0.3, -0.25) is 9.78 Å². The van der Waals surface area contributed by atoms with Crippen molar-refractivity contribution >= 4 is 28.3 Å². The van der Waals surface area contributed by atoms with E-state index in [9.17, 15) is 9.59 Å². The monoisotopic (exact) mass is 426 g/mol. The van der Waals surface area contributed by atoms with Crippen molar-refractivity contribution in [1.82, 2.24) is 4.98 Å². The van der Waals surface area contributed by atoms with Gasteiger partial charge in [0.2, 0.25) is 0 Å². The van der Waals surface area contributed by atoms with Crippen LogP contribution in [0.15, 0.2) is 59.8 Å². The molecule has 32 heavy (non-hydrogen) atoms. The summed E-state index contributed by atoms with van der Waals surface area (Å²) >= 11 is 0. The lowest BCUT2D eigenvalue weighted by Crippen LogP contribution is -2.33. The molecular weight excluding hydrogens is 400 g/mol. The molecule has 1 aliphatic carbocycles. The molecule has 2 aromatic carbocycles. The fourth-order valence-corrected chi connectivity index (χ4v) is 5.07. The van der Waals surface area contributed by atoms with Gasteiger partial charge in [0.15, 0.2) is 5.78 Å². The molecule has 5 nitrogen and oxygen atoms in total. The van der Waals surface area contributed by atoms with Crippen molar-refractivity contribution in [3.63, 3.8) is 0 Å². The summed E-state index contributed by atoms with van der Waals surface area (Å²) in [7, 11) is 1.37. The summed E-state index contributed by atoms with van der Waals surface area (Å²) in [6, 6.07) is 15.6. The molecule has 0 amide bonds. The molecule has 0 spiro atoms. The highest BCUT2D eigenvalue weighted by Gasteiger charge is 2.41. The van der Waals surface area contributed by atoms with Gasteiger partial charge in [-0.15, -0.1) is 0 Å². The number of aromatic nitrogens is 1. The second-order valence-electron chi connectivity index (χ2n) is 9.55. The molecule has 3 aromatic rings. The number of nitrogens with one attached hydrogen (secondary N) is 1. The van der Waals surface area contributed by atoms with Crippen molar-refractivity contribution in [2.75, 3.05) is 12.4 Å². The van der Waals surface area contributed by atoms with E-state index >= 15 is 0 Å². The summed E-state index contributed by atoms with van der Waals surface area (Å²) in [6.45, 7) is 6.26. The highest BCUT2D eigenvalue weighted by atomic mass is 16.5. The van der Waals surface area contributed by atoms with Crippen LogP contribution >= 0.6 is 0 Å². The van der Waals surface area contributed by atoms with E-state index in [4.69, 9.17) is 9.72 Å². The summed E-state index contributed by atoms with van der Waals surface area (Å²) in [5, 5.41) is 4.68. The molecular formula is C27H26N2O3. The molecule has 0 saturated heterocycles. The van der Waals surface area contributed by atoms with E-state index in [0.717, 1.165) is 51.1 Å². The number of pyridine rings is 1. The maximum absolute atomic E-state index is 13.4. The van der Waals surface area contributed by atoms with Gasteiger partial charge in [0.05, 0.1) is 23.9 Å². The fourth-order valence-electron chi connectivity index (χ4n) is 5.07. The molecule has 5 rings (SSSR count). The van der Waals surface area contributed by atoms with E-state index in [1.165, 1.54) is 7.11 Å². The Labute approximate surface area is 187 Å². The first-order valence-corrected chi connectivity index (χ1v) is 10.9. The molecule has 2 aliphatic rings. The predicted molar refractivity (Wildman–Crippen MR) is 125 cm³/mol. The third-order valence-corrected chi connectivity index (χ3v) is 6.50. The largest absolute Gasteiger partial charge is 0.465 e. The Morgan fingerprint density at radius 2 is 1.81 bits per heavy atom. The lowest BCUT2D eigenvalue weighted by molar-refractivity contribution is -0.118. The number of nitrogens with zero attached hydrogens (tertiary/aromatic N) is 1. The Balaban J connectivity index is 1.73. The predicted octanol–water partition coefficient (Wildman–Crippen LogP) is 5.53. The number of ether oxygens (including phenoxy) is 1. The minimum absolute atomic E-state index is 0.0981. The van der Waals surface area contributed by atoms with Gasteiger partial charge in [-0.25, -0.2) is 4.79 Å². The minimum Gasteiger partial charge on any atom is -0.465 e. The highest BCUT2D eigenvalue weighted by Crippen LogP contribution is 2.50. The van der Waals surface area contributed by atoms with Crippen LogP contribution in [0.5, 0.6) is 0 Å². The summed E-state index contributed by atoms with van der Waals surface area (Å²) in [5.41, 5.74) is 7.19. The SMILES string of the molecule is COC(=O)c1ccc(C2C3=C(CC(C)(C)CC3=O)Nc3c2ccc2nc(C)ccc32)cc1. The van der Waals surface area contributed by atoms with Gasteiger partial charge in [0, 0.05) is 34.7 Å². The topological polar surface area (TPSA) is 68.3 Å². The van der Waals surface area contributed by atoms with Crippen molar-refractivity contribution < 1.29 is 14.3 Å². The zero-order valence-electron chi connectivity index (χ0n) is 18.8. The number of allylic oxidation sites excluding steroid dienone is 2. The Bertz CT molecular complexity index is 1300. The molecule has 0 radical (unpaired) electrons. The number of methoxy groups -OCH3 is 1. The van der Waals surface area contributed by atoms with E-state index in [1.807, 2.05) is 31.2 Å². The minimum atomic E-state index is -0.370. The van der Waals surface area contributed by atoms with E-state index < -0.39 is 0 Å². The van der Waals surface area contributed by atoms with Crippen LogP contribution in [0.1, 0.15) is 59.8 Å². The third kappa shape index (κ3) is 3.29. The summed E-state index contributed by atoms with van der Waals surface area (Å²) in [6.07, 6.45) is 1.33.